The highest BCUT2D eigenvalue weighted by Crippen LogP contribution is 2.41. The van der Waals surface area contributed by atoms with Crippen molar-refractivity contribution in [2.45, 2.75) is 25.8 Å². The van der Waals surface area contributed by atoms with Gasteiger partial charge in [0, 0.05) is 41.8 Å². The predicted molar refractivity (Wildman–Crippen MR) is 117 cm³/mol. The average molecular weight is 467 g/mol. The van der Waals surface area contributed by atoms with E-state index in [1.807, 2.05) is 0 Å². The van der Waals surface area contributed by atoms with E-state index in [-0.39, 0.29) is 37.6 Å². The molecular formula is C23H21N3O8. The van der Waals surface area contributed by atoms with Gasteiger partial charge in [0.1, 0.15) is 12.7 Å². The van der Waals surface area contributed by atoms with E-state index in [9.17, 15) is 19.5 Å². The Morgan fingerprint density at radius 3 is 2.76 bits per heavy atom. The summed E-state index contributed by atoms with van der Waals surface area (Å²) in [4.78, 5) is 41.2. The van der Waals surface area contributed by atoms with E-state index in [0.29, 0.717) is 51.2 Å². The van der Waals surface area contributed by atoms with Gasteiger partial charge in [-0.1, -0.05) is 0 Å². The first kappa shape index (κ1) is 22.0. The molecule has 1 amide bonds. The number of carbonyl (C=O) groups excluding carboxylic acids is 2. The number of amides is 1. The molecule has 0 saturated carbocycles. The van der Waals surface area contributed by atoms with Crippen molar-refractivity contribution in [2.24, 2.45) is 0 Å². The highest BCUT2D eigenvalue weighted by atomic mass is 16.7. The molecule has 176 valence electrons. The van der Waals surface area contributed by atoms with Gasteiger partial charge >= 0.3 is 0 Å². The first-order chi connectivity index (χ1) is 16.5. The summed E-state index contributed by atoms with van der Waals surface area (Å²) in [5.41, 5.74) is 2.80. The molecule has 11 nitrogen and oxygen atoms in total. The molecule has 0 aliphatic carbocycles. The number of aliphatic hydroxyl groups excluding tert-OH is 2. The van der Waals surface area contributed by atoms with E-state index in [1.54, 1.807) is 18.2 Å². The maximum atomic E-state index is 13.3. The lowest BCUT2D eigenvalue weighted by molar-refractivity contribution is -0.124. The highest BCUT2D eigenvalue weighted by Gasteiger charge is 2.30. The van der Waals surface area contributed by atoms with Crippen LogP contribution in [0.3, 0.4) is 0 Å². The van der Waals surface area contributed by atoms with Crippen LogP contribution in [0.1, 0.15) is 28.4 Å². The smallest absolute Gasteiger partial charge is 0.257 e. The van der Waals surface area contributed by atoms with Crippen molar-refractivity contribution in [3.63, 3.8) is 0 Å². The monoisotopic (exact) mass is 467 g/mol. The van der Waals surface area contributed by atoms with Crippen LogP contribution in [-0.4, -0.2) is 52.5 Å². The Morgan fingerprint density at radius 1 is 1.29 bits per heavy atom. The third kappa shape index (κ3) is 3.41. The molecule has 2 aliphatic rings. The Kier molecular flexibility index (Phi) is 5.52. The van der Waals surface area contributed by atoms with Gasteiger partial charge in [-0.2, -0.15) is 0 Å². The Bertz CT molecular complexity index is 1400. The van der Waals surface area contributed by atoms with Crippen molar-refractivity contribution < 1.29 is 34.0 Å². The van der Waals surface area contributed by atoms with E-state index >= 15 is 0 Å². The average Bonchev–Trinajstić information content (AvgIpc) is 3.45. The molecular weight excluding hydrogens is 446 g/mol. The maximum absolute atomic E-state index is 13.3. The van der Waals surface area contributed by atoms with Crippen LogP contribution in [0.25, 0.3) is 22.3 Å². The maximum Gasteiger partial charge on any atom is 0.257 e. The Labute approximate surface area is 192 Å². The molecule has 2 aromatic heterocycles. The van der Waals surface area contributed by atoms with E-state index in [2.05, 4.69) is 5.32 Å². The van der Waals surface area contributed by atoms with Crippen LogP contribution in [0.15, 0.2) is 23.0 Å². The Hall–Kier alpha value is -3.80. The van der Waals surface area contributed by atoms with Crippen molar-refractivity contribution in [1.82, 2.24) is 14.9 Å². The van der Waals surface area contributed by atoms with Gasteiger partial charge in [0.2, 0.25) is 12.7 Å². The second-order valence-corrected chi connectivity index (χ2v) is 7.94. The zero-order chi connectivity index (χ0) is 24.0. The van der Waals surface area contributed by atoms with Crippen LogP contribution in [0, 0.1) is 0 Å². The zero-order valence-corrected chi connectivity index (χ0v) is 18.2. The minimum absolute atomic E-state index is 0.0775. The predicted octanol–water partition coefficient (Wildman–Crippen LogP) is 0.141. The molecule has 0 bridgehead atoms. The molecule has 0 radical (unpaired) electrons. The van der Waals surface area contributed by atoms with E-state index in [4.69, 9.17) is 24.3 Å². The van der Waals surface area contributed by atoms with Crippen LogP contribution in [0.2, 0.25) is 0 Å². The van der Waals surface area contributed by atoms with Crippen molar-refractivity contribution >= 4 is 23.1 Å². The molecule has 5 rings (SSSR count). The number of aromatic nitrogens is 2. The van der Waals surface area contributed by atoms with E-state index < -0.39 is 24.2 Å². The molecule has 1 unspecified atom stereocenters. The van der Waals surface area contributed by atoms with E-state index in [1.165, 1.54) is 11.7 Å². The summed E-state index contributed by atoms with van der Waals surface area (Å²) in [6, 6.07) is 5.06. The number of ether oxygens (including phenoxy) is 3. The normalized spacial score (nSPS) is 14.1. The molecule has 0 saturated heterocycles. The number of pyridine rings is 2. The lowest BCUT2D eigenvalue weighted by Gasteiger charge is -2.14. The Morgan fingerprint density at radius 2 is 2.06 bits per heavy atom. The second-order valence-electron chi connectivity index (χ2n) is 7.94. The van der Waals surface area contributed by atoms with Gasteiger partial charge in [-0.25, -0.2) is 4.98 Å². The molecule has 11 heteroatoms. The number of methoxy groups -OCH3 is 1. The summed E-state index contributed by atoms with van der Waals surface area (Å²) in [5, 5.41) is 22.8. The number of hydrogen-bond donors (Lipinski definition) is 3. The first-order valence-corrected chi connectivity index (χ1v) is 10.5. The third-order valence-electron chi connectivity index (χ3n) is 6.03. The fourth-order valence-corrected chi connectivity index (χ4v) is 4.43. The molecule has 34 heavy (non-hydrogen) atoms. The SMILES string of the molecule is COCc1c(C(O)C=O)cc2n(c1=O)Cc1c-2nc2cc3c(cc2c1CNC(=O)CO)OCO3. The zero-order valence-electron chi connectivity index (χ0n) is 18.2. The first-order valence-electron chi connectivity index (χ1n) is 10.5. The molecule has 0 spiro atoms. The summed E-state index contributed by atoms with van der Waals surface area (Å²) in [7, 11) is 1.42. The summed E-state index contributed by atoms with van der Waals surface area (Å²) < 4.78 is 17.6. The molecule has 1 aromatic carbocycles. The number of aliphatic hydroxyl groups is 2. The number of nitrogens with zero attached hydrogens (tertiary/aromatic N) is 2. The molecule has 3 aromatic rings. The van der Waals surface area contributed by atoms with Crippen molar-refractivity contribution in [2.75, 3.05) is 20.5 Å². The van der Waals surface area contributed by atoms with Crippen molar-refractivity contribution in [3.8, 4) is 22.9 Å². The minimum atomic E-state index is -1.50. The number of rotatable bonds is 7. The van der Waals surface area contributed by atoms with Gasteiger partial charge in [0.25, 0.3) is 5.56 Å². The van der Waals surface area contributed by atoms with Crippen molar-refractivity contribution in [3.05, 3.63) is 50.8 Å². The summed E-state index contributed by atoms with van der Waals surface area (Å²) in [6.45, 7) is -0.414. The molecule has 4 heterocycles. The summed E-state index contributed by atoms with van der Waals surface area (Å²) in [6.07, 6.45) is -1.14. The molecule has 0 fully saturated rings. The molecule has 1 atom stereocenters. The number of nitrogens with one attached hydrogen (secondary N) is 1. The lowest BCUT2D eigenvalue weighted by Crippen LogP contribution is -2.27. The summed E-state index contributed by atoms with van der Waals surface area (Å²) in [5.74, 6) is 0.509. The largest absolute Gasteiger partial charge is 0.454 e. The van der Waals surface area contributed by atoms with Crippen molar-refractivity contribution in [1.29, 1.82) is 0 Å². The lowest BCUT2D eigenvalue weighted by atomic mass is 9.99. The number of carbonyl (C=O) groups is 2. The van der Waals surface area contributed by atoms with Gasteiger partial charge in [-0.05, 0) is 17.7 Å². The van der Waals surface area contributed by atoms with Crippen LogP contribution in [0.4, 0.5) is 0 Å². The van der Waals surface area contributed by atoms with E-state index in [0.717, 1.165) is 0 Å². The Balaban J connectivity index is 1.76. The van der Waals surface area contributed by atoms with Gasteiger partial charge < -0.3 is 39.1 Å². The number of benzene rings is 1. The van der Waals surface area contributed by atoms with Gasteiger partial charge in [-0.3, -0.25) is 9.59 Å². The van der Waals surface area contributed by atoms with Crippen LogP contribution in [-0.2, 0) is 34.0 Å². The van der Waals surface area contributed by atoms with Crippen LogP contribution < -0.4 is 20.3 Å². The number of hydrogen-bond acceptors (Lipinski definition) is 9. The van der Waals surface area contributed by atoms with Crippen LogP contribution >= 0.6 is 0 Å². The minimum Gasteiger partial charge on any atom is -0.454 e. The number of aldehydes is 1. The number of fused-ring (bicyclic) bond motifs is 5. The second kappa shape index (κ2) is 8.52. The van der Waals surface area contributed by atoms with Gasteiger partial charge in [0.05, 0.1) is 30.1 Å². The topological polar surface area (TPSA) is 149 Å². The fourth-order valence-electron chi connectivity index (χ4n) is 4.43. The van der Waals surface area contributed by atoms with Gasteiger partial charge in [-0.15, -0.1) is 0 Å². The van der Waals surface area contributed by atoms with Gasteiger partial charge in [0.15, 0.2) is 17.8 Å². The van der Waals surface area contributed by atoms with Crippen LogP contribution in [0.5, 0.6) is 11.5 Å². The quantitative estimate of drug-likeness (QED) is 0.323. The molecule has 3 N–H and O–H groups in total. The summed E-state index contributed by atoms with van der Waals surface area (Å²) >= 11 is 0. The fraction of sp³-hybridized carbons (Fsp3) is 0.304. The standard InChI is InChI=1S/C23H21N3O8/c1-32-9-15-12(18(29)7-27)2-17-22-14(6-26(17)23(15)31)13(5-24-21(30)8-28)11-3-19-20(34-10-33-19)4-16(11)25-22/h2-4,7,18,28-29H,5-6,8-10H2,1H3,(H,24,30). The third-order valence-corrected chi connectivity index (χ3v) is 6.03. The molecule has 2 aliphatic heterocycles. The highest BCUT2D eigenvalue weighted by molar-refractivity contribution is 5.91.